The van der Waals surface area contributed by atoms with Crippen molar-refractivity contribution in [1.29, 1.82) is 0 Å². The molecule has 0 bridgehead atoms. The van der Waals surface area contributed by atoms with Crippen LogP contribution >= 0.6 is 0 Å². The van der Waals surface area contributed by atoms with E-state index >= 15 is 0 Å². The van der Waals surface area contributed by atoms with Gasteiger partial charge in [0.2, 0.25) is 0 Å². The zero-order chi connectivity index (χ0) is 19.4. The van der Waals surface area contributed by atoms with Gasteiger partial charge in [0.05, 0.1) is 23.1 Å². The van der Waals surface area contributed by atoms with Crippen LogP contribution in [0.1, 0.15) is 5.56 Å². The zero-order valence-corrected chi connectivity index (χ0v) is 15.0. The lowest BCUT2D eigenvalue weighted by Gasteiger charge is -2.08. The maximum absolute atomic E-state index is 12.3. The average Bonchev–Trinajstić information content (AvgIpc) is 2.68. The minimum absolute atomic E-state index is 0.251. The number of ether oxygens (including phenoxy) is 1. The molecular formula is C18H15N3O5S. The van der Waals surface area contributed by atoms with Gasteiger partial charge in [-0.05, 0) is 22.9 Å². The maximum atomic E-state index is 12.3. The van der Waals surface area contributed by atoms with Crippen LogP contribution in [0.3, 0.4) is 0 Å². The monoisotopic (exact) mass is 385 g/mol. The van der Waals surface area contributed by atoms with E-state index in [1.165, 1.54) is 31.5 Å². The smallest absolute Gasteiger partial charge is 0.276 e. The van der Waals surface area contributed by atoms with Gasteiger partial charge < -0.3 is 4.74 Å². The number of non-ortho nitro benzene ring substituents is 1. The Kier molecular flexibility index (Phi) is 5.04. The van der Waals surface area contributed by atoms with E-state index < -0.39 is 14.9 Å². The van der Waals surface area contributed by atoms with E-state index in [-0.39, 0.29) is 10.6 Å². The van der Waals surface area contributed by atoms with Crippen molar-refractivity contribution in [2.75, 3.05) is 7.11 Å². The number of nitro benzene ring substituents is 1. The van der Waals surface area contributed by atoms with Crippen LogP contribution in [0.2, 0.25) is 0 Å². The van der Waals surface area contributed by atoms with Crippen molar-refractivity contribution in [2.24, 2.45) is 5.10 Å². The number of nitrogens with one attached hydrogen (secondary N) is 1. The summed E-state index contributed by atoms with van der Waals surface area (Å²) in [6, 6.07) is 15.9. The fourth-order valence-corrected chi connectivity index (χ4v) is 3.39. The number of benzene rings is 3. The van der Waals surface area contributed by atoms with Crippen LogP contribution in [0.4, 0.5) is 5.69 Å². The number of methoxy groups -OCH3 is 1. The fourth-order valence-electron chi connectivity index (χ4n) is 2.56. The quantitative estimate of drug-likeness (QED) is 0.398. The highest BCUT2D eigenvalue weighted by atomic mass is 32.2. The van der Waals surface area contributed by atoms with E-state index in [4.69, 9.17) is 4.74 Å². The van der Waals surface area contributed by atoms with Crippen molar-refractivity contribution < 1.29 is 18.1 Å². The number of hydrazone groups is 1. The molecule has 9 heteroatoms. The van der Waals surface area contributed by atoms with Crippen molar-refractivity contribution in [2.45, 2.75) is 4.90 Å². The predicted octanol–water partition coefficient (Wildman–Crippen LogP) is 3.07. The Labute approximate surface area is 155 Å². The Morgan fingerprint density at radius 2 is 1.89 bits per heavy atom. The molecule has 8 nitrogen and oxygen atoms in total. The van der Waals surface area contributed by atoms with Gasteiger partial charge >= 0.3 is 0 Å². The summed E-state index contributed by atoms with van der Waals surface area (Å²) in [6.07, 6.45) is 1.34. The number of sulfonamides is 1. The molecule has 0 saturated carbocycles. The van der Waals surface area contributed by atoms with Gasteiger partial charge in [0, 0.05) is 17.7 Å². The zero-order valence-electron chi connectivity index (χ0n) is 14.2. The molecule has 0 spiro atoms. The van der Waals surface area contributed by atoms with Crippen LogP contribution < -0.4 is 9.57 Å². The summed E-state index contributed by atoms with van der Waals surface area (Å²) in [4.78, 5) is 12.0. The van der Waals surface area contributed by atoms with E-state index in [1.807, 2.05) is 30.3 Å². The molecule has 0 aliphatic rings. The first-order valence-corrected chi connectivity index (χ1v) is 9.26. The van der Waals surface area contributed by atoms with Crippen LogP contribution in [0.5, 0.6) is 5.75 Å². The summed E-state index contributed by atoms with van der Waals surface area (Å²) in [5.74, 6) is 0.534. The molecule has 0 fully saturated rings. The minimum Gasteiger partial charge on any atom is -0.496 e. The van der Waals surface area contributed by atoms with E-state index in [0.717, 1.165) is 16.8 Å². The number of rotatable bonds is 6. The number of nitro groups is 1. The molecule has 0 aliphatic heterocycles. The van der Waals surface area contributed by atoms with Gasteiger partial charge in [-0.1, -0.05) is 36.4 Å². The molecule has 3 aromatic carbocycles. The highest BCUT2D eigenvalue weighted by molar-refractivity contribution is 7.89. The first kappa shape index (κ1) is 18.3. The molecule has 0 aliphatic carbocycles. The van der Waals surface area contributed by atoms with Gasteiger partial charge in [0.1, 0.15) is 5.75 Å². The summed E-state index contributed by atoms with van der Waals surface area (Å²) < 4.78 is 30.0. The highest BCUT2D eigenvalue weighted by Gasteiger charge is 2.17. The molecule has 1 N–H and O–H groups in total. The maximum Gasteiger partial charge on any atom is 0.276 e. The first-order valence-electron chi connectivity index (χ1n) is 7.77. The van der Waals surface area contributed by atoms with Gasteiger partial charge in [0.25, 0.3) is 15.7 Å². The van der Waals surface area contributed by atoms with Crippen molar-refractivity contribution in [1.82, 2.24) is 4.83 Å². The second-order valence-electron chi connectivity index (χ2n) is 5.51. The summed E-state index contributed by atoms with van der Waals surface area (Å²) in [5.41, 5.74) is 0.287. The Morgan fingerprint density at radius 3 is 2.63 bits per heavy atom. The molecule has 0 unspecified atom stereocenters. The Balaban J connectivity index is 1.92. The lowest BCUT2D eigenvalue weighted by molar-refractivity contribution is -0.385. The number of hydrogen-bond donors (Lipinski definition) is 1. The first-order chi connectivity index (χ1) is 12.9. The lowest BCUT2D eigenvalue weighted by Crippen LogP contribution is -2.18. The van der Waals surface area contributed by atoms with Crippen LogP contribution in [0.25, 0.3) is 10.8 Å². The standard InChI is InChI=1S/C18H15N3O5S/c1-26-18-10-9-13-5-2-3-8-16(13)17(18)12-19-20-27(24,25)15-7-4-6-14(11-15)21(22)23/h2-12,20H,1H3/b19-12+. The molecule has 0 saturated heterocycles. The summed E-state index contributed by atoms with van der Waals surface area (Å²) in [5, 5.41) is 16.4. The fraction of sp³-hybridized carbons (Fsp3) is 0.0556. The van der Waals surface area contributed by atoms with Crippen LogP contribution in [-0.2, 0) is 10.0 Å². The van der Waals surface area contributed by atoms with Gasteiger partial charge in [0.15, 0.2) is 0 Å². The van der Waals surface area contributed by atoms with E-state index in [9.17, 15) is 18.5 Å². The topological polar surface area (TPSA) is 111 Å². The molecule has 3 aromatic rings. The molecule has 0 atom stereocenters. The molecule has 0 amide bonds. The van der Waals surface area contributed by atoms with Crippen molar-refractivity contribution in [3.8, 4) is 5.75 Å². The van der Waals surface area contributed by atoms with Gasteiger partial charge in [-0.2, -0.15) is 13.5 Å². The third-order valence-corrected chi connectivity index (χ3v) is 5.08. The molecule has 138 valence electrons. The molecule has 3 rings (SSSR count). The van der Waals surface area contributed by atoms with E-state index in [2.05, 4.69) is 9.93 Å². The van der Waals surface area contributed by atoms with Gasteiger partial charge in [-0.25, -0.2) is 4.83 Å². The van der Waals surface area contributed by atoms with E-state index in [0.29, 0.717) is 11.3 Å². The second-order valence-corrected chi connectivity index (χ2v) is 7.17. The Bertz CT molecular complexity index is 1140. The second kappa shape index (κ2) is 7.42. The number of hydrogen-bond acceptors (Lipinski definition) is 6. The third-order valence-electron chi connectivity index (χ3n) is 3.86. The largest absolute Gasteiger partial charge is 0.496 e. The molecular weight excluding hydrogens is 370 g/mol. The van der Waals surface area contributed by atoms with Gasteiger partial charge in [-0.15, -0.1) is 0 Å². The number of nitrogens with zero attached hydrogens (tertiary/aromatic N) is 2. The predicted molar refractivity (Wildman–Crippen MR) is 102 cm³/mol. The minimum atomic E-state index is -4.05. The lowest BCUT2D eigenvalue weighted by atomic mass is 10.0. The molecule has 0 heterocycles. The van der Waals surface area contributed by atoms with Crippen LogP contribution in [-0.4, -0.2) is 26.7 Å². The summed E-state index contributed by atoms with van der Waals surface area (Å²) in [7, 11) is -2.54. The van der Waals surface area contributed by atoms with Gasteiger partial charge in [-0.3, -0.25) is 10.1 Å². The number of fused-ring (bicyclic) bond motifs is 1. The Morgan fingerprint density at radius 1 is 1.11 bits per heavy atom. The Hall–Kier alpha value is -3.46. The molecule has 27 heavy (non-hydrogen) atoms. The van der Waals surface area contributed by atoms with E-state index in [1.54, 1.807) is 6.07 Å². The van der Waals surface area contributed by atoms with Crippen molar-refractivity contribution >= 4 is 32.7 Å². The summed E-state index contributed by atoms with van der Waals surface area (Å²) in [6.45, 7) is 0. The molecule has 0 radical (unpaired) electrons. The van der Waals surface area contributed by atoms with Crippen LogP contribution in [0, 0.1) is 10.1 Å². The SMILES string of the molecule is COc1ccc2ccccc2c1/C=N/NS(=O)(=O)c1cccc([N+](=O)[O-])c1. The van der Waals surface area contributed by atoms with Crippen molar-refractivity contribution in [3.05, 3.63) is 76.3 Å². The van der Waals surface area contributed by atoms with Crippen LogP contribution in [0.15, 0.2) is 70.7 Å². The highest BCUT2D eigenvalue weighted by Crippen LogP contribution is 2.26. The normalized spacial score (nSPS) is 11.6. The third kappa shape index (κ3) is 3.87. The molecule has 0 aromatic heterocycles. The van der Waals surface area contributed by atoms with Crippen molar-refractivity contribution in [3.63, 3.8) is 0 Å². The average molecular weight is 385 g/mol. The summed E-state index contributed by atoms with van der Waals surface area (Å²) >= 11 is 0.